The molecule has 0 heterocycles. The van der Waals surface area contributed by atoms with Crippen LogP contribution in [0.1, 0.15) is 37.2 Å². The van der Waals surface area contributed by atoms with E-state index in [9.17, 15) is 4.39 Å². The van der Waals surface area contributed by atoms with Crippen LogP contribution in [-0.4, -0.2) is 0 Å². The van der Waals surface area contributed by atoms with Gasteiger partial charge in [-0.1, -0.05) is 54.1 Å². The van der Waals surface area contributed by atoms with Gasteiger partial charge in [-0.25, -0.2) is 8.78 Å². The minimum atomic E-state index is -0.542. The van der Waals surface area contributed by atoms with E-state index in [2.05, 4.69) is 18.7 Å². The maximum absolute atomic E-state index is 15.1. The van der Waals surface area contributed by atoms with E-state index in [0.717, 1.165) is 18.2 Å². The van der Waals surface area contributed by atoms with E-state index in [-0.39, 0.29) is 10.8 Å². The van der Waals surface area contributed by atoms with Gasteiger partial charge < -0.3 is 0 Å². The second kappa shape index (κ2) is 7.44. The Morgan fingerprint density at radius 3 is 2.41 bits per heavy atom. The molecule has 0 spiro atoms. The van der Waals surface area contributed by atoms with E-state index in [4.69, 9.17) is 11.6 Å². The van der Waals surface area contributed by atoms with E-state index >= 15 is 4.39 Å². The molecule has 0 nitrogen and oxygen atoms in total. The summed E-state index contributed by atoms with van der Waals surface area (Å²) in [5.41, 5.74) is 2.15. The Morgan fingerprint density at radius 1 is 0.926 bits per heavy atom. The maximum Gasteiger partial charge on any atom is 0.142 e. The maximum atomic E-state index is 15.1. The van der Waals surface area contributed by atoms with Crippen LogP contribution in [0.4, 0.5) is 8.78 Å². The van der Waals surface area contributed by atoms with Gasteiger partial charge in [-0.15, -0.1) is 6.58 Å². The van der Waals surface area contributed by atoms with Crippen molar-refractivity contribution in [2.24, 2.45) is 5.92 Å². The summed E-state index contributed by atoms with van der Waals surface area (Å²) in [6, 6.07) is 14.0. The number of allylic oxidation sites excluding steroid dienone is 1. The molecule has 0 N–H and O–H groups in total. The second-order valence-electron chi connectivity index (χ2n) is 7.38. The minimum Gasteiger partial charge on any atom is -0.206 e. The molecular weight excluding hydrogens is 362 g/mol. The average molecular weight is 383 g/mol. The number of fused-ring (bicyclic) bond motifs is 1. The topological polar surface area (TPSA) is 0 Å². The molecule has 3 aromatic rings. The Hall–Kier alpha value is -2.19. The second-order valence-corrected chi connectivity index (χ2v) is 7.79. The lowest BCUT2D eigenvalue weighted by Gasteiger charge is -2.27. The molecular formula is C24H21ClF2. The first-order valence-corrected chi connectivity index (χ1v) is 9.74. The van der Waals surface area contributed by atoms with Crippen LogP contribution >= 0.6 is 11.6 Å². The lowest BCUT2D eigenvalue weighted by atomic mass is 9.78. The van der Waals surface area contributed by atoms with Gasteiger partial charge in [0.15, 0.2) is 0 Å². The van der Waals surface area contributed by atoms with Crippen molar-refractivity contribution in [3.63, 3.8) is 0 Å². The van der Waals surface area contributed by atoms with Crippen molar-refractivity contribution in [2.75, 3.05) is 0 Å². The van der Waals surface area contributed by atoms with Gasteiger partial charge in [0, 0.05) is 10.9 Å². The molecule has 1 aliphatic rings. The van der Waals surface area contributed by atoms with Gasteiger partial charge in [0.2, 0.25) is 0 Å². The number of halogens is 3. The molecule has 0 amide bonds. The van der Waals surface area contributed by atoms with Gasteiger partial charge in [-0.2, -0.15) is 0 Å². The first-order valence-electron chi connectivity index (χ1n) is 9.37. The van der Waals surface area contributed by atoms with E-state index in [1.165, 1.54) is 30.5 Å². The highest BCUT2D eigenvalue weighted by Crippen LogP contribution is 2.38. The molecule has 1 aliphatic carbocycles. The summed E-state index contributed by atoms with van der Waals surface area (Å²) in [5, 5.41) is 1.48. The molecule has 0 atom stereocenters. The Balaban J connectivity index is 1.68. The molecule has 0 radical (unpaired) electrons. The number of hydrogen-bond acceptors (Lipinski definition) is 0. The number of rotatable bonds is 3. The average Bonchev–Trinajstić information content (AvgIpc) is 2.70. The van der Waals surface area contributed by atoms with Gasteiger partial charge in [0.25, 0.3) is 0 Å². The third kappa shape index (κ3) is 3.51. The molecule has 0 bridgehead atoms. The standard InChI is InChI=1S/C24H21ClF2/c1-2-15-3-5-16(6-4-15)17-7-10-20-18(13-17)8-11-21(24(20)27)19-9-12-22(25)23(26)14-19/h2,7-16H,1,3-6H2/t15-,16-. The van der Waals surface area contributed by atoms with Crippen LogP contribution in [0.25, 0.3) is 21.9 Å². The zero-order chi connectivity index (χ0) is 19.0. The highest BCUT2D eigenvalue weighted by molar-refractivity contribution is 6.30. The fourth-order valence-corrected chi connectivity index (χ4v) is 4.26. The quantitative estimate of drug-likeness (QED) is 0.404. The summed E-state index contributed by atoms with van der Waals surface area (Å²) >= 11 is 5.74. The van der Waals surface area contributed by atoms with Crippen molar-refractivity contribution in [3.8, 4) is 11.1 Å². The van der Waals surface area contributed by atoms with Gasteiger partial charge in [-0.3, -0.25) is 0 Å². The summed E-state index contributed by atoms with van der Waals surface area (Å²) in [6.45, 7) is 3.90. The monoisotopic (exact) mass is 382 g/mol. The van der Waals surface area contributed by atoms with Crippen LogP contribution in [0.15, 0.2) is 61.2 Å². The van der Waals surface area contributed by atoms with Crippen molar-refractivity contribution in [1.82, 2.24) is 0 Å². The largest absolute Gasteiger partial charge is 0.206 e. The van der Waals surface area contributed by atoms with Crippen LogP contribution in [0.5, 0.6) is 0 Å². The van der Waals surface area contributed by atoms with Gasteiger partial charge in [0.05, 0.1) is 5.02 Å². The van der Waals surface area contributed by atoms with Crippen LogP contribution in [0.3, 0.4) is 0 Å². The molecule has 1 saturated carbocycles. The summed E-state index contributed by atoms with van der Waals surface area (Å²) in [4.78, 5) is 0. The van der Waals surface area contributed by atoms with Crippen molar-refractivity contribution in [3.05, 3.63) is 83.4 Å². The number of benzene rings is 3. The van der Waals surface area contributed by atoms with E-state index < -0.39 is 5.82 Å². The molecule has 0 aromatic heterocycles. The SMILES string of the molecule is C=C[C@H]1CC[C@H](c2ccc3c(F)c(-c4ccc(Cl)c(F)c4)ccc3c2)CC1. The molecule has 4 rings (SSSR count). The van der Waals surface area contributed by atoms with Crippen LogP contribution in [-0.2, 0) is 0 Å². The predicted octanol–water partition coefficient (Wildman–Crippen LogP) is 7.90. The van der Waals surface area contributed by atoms with E-state index in [1.807, 2.05) is 18.2 Å². The molecule has 0 saturated heterocycles. The Kier molecular flexibility index (Phi) is 5.01. The lowest BCUT2D eigenvalue weighted by Crippen LogP contribution is -2.11. The molecule has 27 heavy (non-hydrogen) atoms. The lowest BCUT2D eigenvalue weighted by molar-refractivity contribution is 0.376. The molecule has 0 aliphatic heterocycles. The zero-order valence-electron chi connectivity index (χ0n) is 15.0. The first kappa shape index (κ1) is 18.2. The van der Waals surface area contributed by atoms with E-state index in [1.54, 1.807) is 12.1 Å². The fourth-order valence-electron chi connectivity index (χ4n) is 4.14. The molecule has 3 aromatic carbocycles. The van der Waals surface area contributed by atoms with Crippen LogP contribution < -0.4 is 0 Å². The van der Waals surface area contributed by atoms with Crippen molar-refractivity contribution >= 4 is 22.4 Å². The molecule has 1 fully saturated rings. The highest BCUT2D eigenvalue weighted by Gasteiger charge is 2.21. The van der Waals surface area contributed by atoms with Crippen LogP contribution in [0, 0.1) is 17.6 Å². The Bertz CT molecular complexity index is 1000. The zero-order valence-corrected chi connectivity index (χ0v) is 15.8. The third-order valence-electron chi connectivity index (χ3n) is 5.79. The molecule has 138 valence electrons. The van der Waals surface area contributed by atoms with Gasteiger partial charge in [0.1, 0.15) is 11.6 Å². The first-order chi connectivity index (χ1) is 13.1. The van der Waals surface area contributed by atoms with E-state index in [0.29, 0.717) is 28.3 Å². The highest BCUT2D eigenvalue weighted by atomic mass is 35.5. The summed E-state index contributed by atoms with van der Waals surface area (Å²) in [7, 11) is 0. The van der Waals surface area contributed by atoms with Crippen LogP contribution in [0.2, 0.25) is 5.02 Å². The molecule has 0 unspecified atom stereocenters. The van der Waals surface area contributed by atoms with Gasteiger partial charge in [-0.05, 0) is 66.2 Å². The van der Waals surface area contributed by atoms with Crippen molar-refractivity contribution in [1.29, 1.82) is 0 Å². The number of hydrogen-bond donors (Lipinski definition) is 0. The Labute approximate surface area is 163 Å². The predicted molar refractivity (Wildman–Crippen MR) is 109 cm³/mol. The smallest absolute Gasteiger partial charge is 0.142 e. The van der Waals surface area contributed by atoms with Gasteiger partial charge >= 0.3 is 0 Å². The van der Waals surface area contributed by atoms with Crippen molar-refractivity contribution < 1.29 is 8.78 Å². The van der Waals surface area contributed by atoms with Crippen molar-refractivity contribution in [2.45, 2.75) is 31.6 Å². The molecule has 3 heteroatoms. The minimum absolute atomic E-state index is 0.0377. The fraction of sp³-hybridized carbons (Fsp3) is 0.250. The Morgan fingerprint density at radius 2 is 1.70 bits per heavy atom. The summed E-state index contributed by atoms with van der Waals surface area (Å²) in [6.07, 6.45) is 6.69. The summed E-state index contributed by atoms with van der Waals surface area (Å²) < 4.78 is 28.9. The summed E-state index contributed by atoms with van der Waals surface area (Å²) in [5.74, 6) is 0.287. The normalized spacial score (nSPS) is 20.0. The third-order valence-corrected chi connectivity index (χ3v) is 6.09.